The molecule has 82 valence electrons. The first-order valence-electron chi connectivity index (χ1n) is 4.31. The molecule has 0 heterocycles. The maximum absolute atomic E-state index is 13.1. The number of alkyl halides is 2. The van der Waals surface area contributed by atoms with Gasteiger partial charge in [0.15, 0.2) is 5.84 Å². The SMILES string of the molecule is COc1cccc(CC(F)(F)C(=N)N)c1. The van der Waals surface area contributed by atoms with Gasteiger partial charge in [-0.2, -0.15) is 8.78 Å². The van der Waals surface area contributed by atoms with E-state index < -0.39 is 18.2 Å². The Labute approximate surface area is 86.4 Å². The third-order valence-corrected chi connectivity index (χ3v) is 1.95. The van der Waals surface area contributed by atoms with Gasteiger partial charge in [-0.3, -0.25) is 5.41 Å². The quantitative estimate of drug-likeness (QED) is 0.593. The standard InChI is InChI=1S/C10H12F2N2O/c1-15-8-4-2-3-7(5-8)6-10(11,12)9(13)14/h2-5H,6H2,1H3,(H3,13,14). The minimum atomic E-state index is -3.30. The topological polar surface area (TPSA) is 59.1 Å². The normalized spacial score (nSPS) is 11.1. The maximum atomic E-state index is 13.1. The molecule has 0 aliphatic heterocycles. The highest BCUT2D eigenvalue weighted by molar-refractivity contribution is 5.84. The lowest BCUT2D eigenvalue weighted by Gasteiger charge is -2.14. The summed E-state index contributed by atoms with van der Waals surface area (Å²) in [4.78, 5) is 0. The van der Waals surface area contributed by atoms with Gasteiger partial charge in [0, 0.05) is 6.42 Å². The van der Waals surface area contributed by atoms with Crippen molar-refractivity contribution in [3.05, 3.63) is 29.8 Å². The van der Waals surface area contributed by atoms with Crippen molar-refractivity contribution >= 4 is 5.84 Å². The first-order chi connectivity index (χ1) is 6.95. The smallest absolute Gasteiger partial charge is 0.307 e. The van der Waals surface area contributed by atoms with Crippen LogP contribution in [0.5, 0.6) is 5.75 Å². The number of nitrogens with two attached hydrogens (primary N) is 1. The molecule has 1 aromatic carbocycles. The Kier molecular flexibility index (Phi) is 3.24. The second kappa shape index (κ2) is 4.25. The molecule has 0 bridgehead atoms. The average Bonchev–Trinajstić information content (AvgIpc) is 2.17. The van der Waals surface area contributed by atoms with E-state index in [2.05, 4.69) is 0 Å². The number of methoxy groups -OCH3 is 1. The van der Waals surface area contributed by atoms with Crippen molar-refractivity contribution < 1.29 is 13.5 Å². The molecule has 0 saturated heterocycles. The lowest BCUT2D eigenvalue weighted by atomic mass is 10.1. The fraction of sp³-hybridized carbons (Fsp3) is 0.300. The van der Waals surface area contributed by atoms with Crippen LogP contribution >= 0.6 is 0 Å². The summed E-state index contributed by atoms with van der Waals surface area (Å²) in [5.41, 5.74) is 5.17. The number of nitrogens with one attached hydrogen (secondary N) is 1. The van der Waals surface area contributed by atoms with Crippen LogP contribution < -0.4 is 10.5 Å². The molecule has 1 aromatic rings. The molecule has 1 rings (SSSR count). The van der Waals surface area contributed by atoms with Crippen molar-refractivity contribution in [2.45, 2.75) is 12.3 Å². The van der Waals surface area contributed by atoms with Gasteiger partial charge in [0.25, 0.3) is 0 Å². The maximum Gasteiger partial charge on any atom is 0.307 e. The van der Waals surface area contributed by atoms with Crippen LogP contribution in [0, 0.1) is 5.41 Å². The van der Waals surface area contributed by atoms with E-state index in [1.807, 2.05) is 0 Å². The lowest BCUT2D eigenvalue weighted by molar-refractivity contribution is 0.0761. The van der Waals surface area contributed by atoms with E-state index in [-0.39, 0.29) is 0 Å². The number of hydrogen-bond donors (Lipinski definition) is 2. The van der Waals surface area contributed by atoms with E-state index in [4.69, 9.17) is 15.9 Å². The number of halogens is 2. The van der Waals surface area contributed by atoms with Gasteiger partial charge in [0.05, 0.1) is 7.11 Å². The Morgan fingerprint density at radius 1 is 1.53 bits per heavy atom. The first kappa shape index (κ1) is 11.4. The molecule has 0 aliphatic carbocycles. The summed E-state index contributed by atoms with van der Waals surface area (Å²) in [6.07, 6.45) is -0.584. The van der Waals surface area contributed by atoms with Crippen LogP contribution in [-0.4, -0.2) is 18.9 Å². The number of amidine groups is 1. The lowest BCUT2D eigenvalue weighted by Crippen LogP contribution is -2.36. The molecule has 0 unspecified atom stereocenters. The Hall–Kier alpha value is -1.65. The summed E-state index contributed by atoms with van der Waals surface area (Å²) < 4.78 is 31.1. The number of rotatable bonds is 4. The Balaban J connectivity index is 2.85. The molecule has 3 N–H and O–H groups in total. The molecular weight excluding hydrogens is 202 g/mol. The fourth-order valence-corrected chi connectivity index (χ4v) is 1.13. The van der Waals surface area contributed by atoms with E-state index in [0.717, 1.165) is 0 Å². The highest BCUT2D eigenvalue weighted by atomic mass is 19.3. The second-order valence-electron chi connectivity index (χ2n) is 3.15. The molecule has 5 heteroatoms. The van der Waals surface area contributed by atoms with Crippen molar-refractivity contribution in [2.75, 3.05) is 7.11 Å². The molecule has 0 aromatic heterocycles. The minimum Gasteiger partial charge on any atom is -0.497 e. The largest absolute Gasteiger partial charge is 0.497 e. The summed E-state index contributed by atoms with van der Waals surface area (Å²) in [6.45, 7) is 0. The summed E-state index contributed by atoms with van der Waals surface area (Å²) in [7, 11) is 1.46. The van der Waals surface area contributed by atoms with Crippen LogP contribution in [0.2, 0.25) is 0 Å². The third kappa shape index (κ3) is 2.90. The molecule has 0 atom stereocenters. The van der Waals surface area contributed by atoms with Crippen molar-refractivity contribution in [2.24, 2.45) is 5.73 Å². The average molecular weight is 214 g/mol. The summed E-state index contributed by atoms with van der Waals surface area (Å²) in [5, 5.41) is 6.74. The van der Waals surface area contributed by atoms with Crippen molar-refractivity contribution in [3.8, 4) is 5.75 Å². The molecule has 0 amide bonds. The minimum absolute atomic E-state index is 0.384. The predicted molar refractivity (Wildman–Crippen MR) is 53.6 cm³/mol. The van der Waals surface area contributed by atoms with E-state index in [1.54, 1.807) is 18.2 Å². The van der Waals surface area contributed by atoms with Gasteiger partial charge in [0.1, 0.15) is 5.75 Å². The molecular formula is C10H12F2N2O. The highest BCUT2D eigenvalue weighted by Gasteiger charge is 2.33. The second-order valence-corrected chi connectivity index (χ2v) is 3.15. The Bertz CT molecular complexity index is 366. The Morgan fingerprint density at radius 3 is 2.73 bits per heavy atom. The predicted octanol–water partition coefficient (Wildman–Crippen LogP) is 1.81. The molecule has 15 heavy (non-hydrogen) atoms. The molecule has 0 saturated carbocycles. The number of benzene rings is 1. The van der Waals surface area contributed by atoms with Crippen LogP contribution in [0.25, 0.3) is 0 Å². The van der Waals surface area contributed by atoms with Crippen LogP contribution in [-0.2, 0) is 6.42 Å². The van der Waals surface area contributed by atoms with Gasteiger partial charge < -0.3 is 10.5 Å². The summed E-state index contributed by atoms with van der Waals surface area (Å²) in [5.74, 6) is -3.91. The number of hydrogen-bond acceptors (Lipinski definition) is 2. The van der Waals surface area contributed by atoms with E-state index >= 15 is 0 Å². The van der Waals surface area contributed by atoms with E-state index in [9.17, 15) is 8.78 Å². The number of ether oxygens (including phenoxy) is 1. The van der Waals surface area contributed by atoms with Crippen molar-refractivity contribution in [1.82, 2.24) is 0 Å². The van der Waals surface area contributed by atoms with Gasteiger partial charge in [-0.15, -0.1) is 0 Å². The fourth-order valence-electron chi connectivity index (χ4n) is 1.13. The Morgan fingerprint density at radius 2 is 2.20 bits per heavy atom. The molecule has 0 aliphatic rings. The zero-order valence-electron chi connectivity index (χ0n) is 8.26. The van der Waals surface area contributed by atoms with E-state index in [1.165, 1.54) is 13.2 Å². The first-order valence-corrected chi connectivity index (χ1v) is 4.31. The van der Waals surface area contributed by atoms with Gasteiger partial charge in [-0.05, 0) is 17.7 Å². The van der Waals surface area contributed by atoms with Crippen molar-refractivity contribution in [3.63, 3.8) is 0 Å². The van der Waals surface area contributed by atoms with Crippen LogP contribution in [0.15, 0.2) is 24.3 Å². The van der Waals surface area contributed by atoms with Crippen LogP contribution in [0.1, 0.15) is 5.56 Å². The zero-order valence-corrected chi connectivity index (χ0v) is 8.26. The molecule has 0 radical (unpaired) electrons. The third-order valence-electron chi connectivity index (χ3n) is 1.95. The van der Waals surface area contributed by atoms with Crippen LogP contribution in [0.3, 0.4) is 0 Å². The zero-order chi connectivity index (χ0) is 11.5. The van der Waals surface area contributed by atoms with Gasteiger partial charge >= 0.3 is 5.92 Å². The van der Waals surface area contributed by atoms with Crippen molar-refractivity contribution in [1.29, 1.82) is 5.41 Å². The highest BCUT2D eigenvalue weighted by Crippen LogP contribution is 2.22. The van der Waals surface area contributed by atoms with Gasteiger partial charge in [0.2, 0.25) is 0 Å². The molecule has 3 nitrogen and oxygen atoms in total. The summed E-state index contributed by atoms with van der Waals surface area (Å²) >= 11 is 0. The van der Waals surface area contributed by atoms with Gasteiger partial charge in [-0.25, -0.2) is 0 Å². The van der Waals surface area contributed by atoms with Crippen LogP contribution in [0.4, 0.5) is 8.78 Å². The molecule has 0 spiro atoms. The van der Waals surface area contributed by atoms with E-state index in [0.29, 0.717) is 11.3 Å². The monoisotopic (exact) mass is 214 g/mol. The molecule has 0 fully saturated rings. The van der Waals surface area contributed by atoms with Gasteiger partial charge in [-0.1, -0.05) is 12.1 Å². The summed E-state index contributed by atoms with van der Waals surface area (Å²) in [6, 6.07) is 6.32.